The molecule has 0 amide bonds. The van der Waals surface area contributed by atoms with E-state index in [0.717, 1.165) is 6.20 Å². The molecule has 17 heavy (non-hydrogen) atoms. The highest BCUT2D eigenvalue weighted by Crippen LogP contribution is 2.14. The van der Waals surface area contributed by atoms with Crippen molar-refractivity contribution in [3.8, 4) is 5.75 Å². The monoisotopic (exact) mass is 231 g/mol. The van der Waals surface area contributed by atoms with E-state index in [-0.39, 0.29) is 11.5 Å². The molecular weight excluding hydrogens is 221 g/mol. The van der Waals surface area contributed by atoms with Crippen molar-refractivity contribution in [1.82, 2.24) is 4.98 Å². The van der Waals surface area contributed by atoms with Crippen LogP contribution in [0.5, 0.6) is 5.75 Å². The molecule has 86 valence electrons. The van der Waals surface area contributed by atoms with E-state index in [0.29, 0.717) is 11.3 Å². The first kappa shape index (κ1) is 11.3. The highest BCUT2D eigenvalue weighted by molar-refractivity contribution is 6.07. The van der Waals surface area contributed by atoms with E-state index >= 15 is 0 Å². The van der Waals surface area contributed by atoms with Crippen LogP contribution < -0.4 is 4.74 Å². The summed E-state index contributed by atoms with van der Waals surface area (Å²) in [4.78, 5) is 15.7. The van der Waals surface area contributed by atoms with E-state index < -0.39 is 5.82 Å². The minimum Gasteiger partial charge on any atom is -0.497 e. The summed E-state index contributed by atoms with van der Waals surface area (Å²) >= 11 is 0. The van der Waals surface area contributed by atoms with Crippen LogP contribution in [0.1, 0.15) is 16.1 Å². The molecule has 0 radical (unpaired) electrons. The number of hydrogen-bond donors (Lipinski definition) is 0. The highest BCUT2D eigenvalue weighted by atomic mass is 19.1. The van der Waals surface area contributed by atoms with Gasteiger partial charge in [-0.25, -0.2) is 9.37 Å². The molecule has 0 spiro atoms. The van der Waals surface area contributed by atoms with Gasteiger partial charge in [0.2, 0.25) is 5.78 Å². The average molecular weight is 231 g/mol. The van der Waals surface area contributed by atoms with E-state index in [9.17, 15) is 9.18 Å². The van der Waals surface area contributed by atoms with E-state index in [4.69, 9.17) is 4.74 Å². The fourth-order valence-electron chi connectivity index (χ4n) is 1.40. The molecule has 1 aromatic carbocycles. The summed E-state index contributed by atoms with van der Waals surface area (Å²) in [6.07, 6.45) is 1.02. The van der Waals surface area contributed by atoms with Gasteiger partial charge in [-0.2, -0.15) is 0 Å². The molecule has 1 aromatic heterocycles. The van der Waals surface area contributed by atoms with Gasteiger partial charge in [-0.15, -0.1) is 0 Å². The SMILES string of the molecule is COc1ccc(C(=O)c2ccc(F)cn2)cc1. The lowest BCUT2D eigenvalue weighted by molar-refractivity contribution is 0.103. The molecule has 0 saturated carbocycles. The molecule has 0 atom stereocenters. The third-order valence-corrected chi connectivity index (χ3v) is 2.31. The van der Waals surface area contributed by atoms with Crippen LogP contribution in [0.4, 0.5) is 4.39 Å². The van der Waals surface area contributed by atoms with Crippen LogP contribution in [-0.2, 0) is 0 Å². The summed E-state index contributed by atoms with van der Waals surface area (Å²) in [5, 5.41) is 0. The van der Waals surface area contributed by atoms with Crippen molar-refractivity contribution < 1.29 is 13.9 Å². The molecule has 0 fully saturated rings. The van der Waals surface area contributed by atoms with Crippen LogP contribution in [0.3, 0.4) is 0 Å². The summed E-state index contributed by atoms with van der Waals surface area (Å²) in [6, 6.07) is 9.25. The number of rotatable bonds is 3. The lowest BCUT2D eigenvalue weighted by Gasteiger charge is -2.02. The van der Waals surface area contributed by atoms with Gasteiger partial charge >= 0.3 is 0 Å². The van der Waals surface area contributed by atoms with Gasteiger partial charge in [0.1, 0.15) is 17.3 Å². The zero-order valence-electron chi connectivity index (χ0n) is 9.18. The van der Waals surface area contributed by atoms with Crippen LogP contribution >= 0.6 is 0 Å². The first-order chi connectivity index (χ1) is 8.20. The predicted octanol–water partition coefficient (Wildman–Crippen LogP) is 2.46. The van der Waals surface area contributed by atoms with Crippen molar-refractivity contribution >= 4 is 5.78 Å². The third-order valence-electron chi connectivity index (χ3n) is 2.31. The number of carbonyl (C=O) groups is 1. The Morgan fingerprint density at radius 1 is 1.18 bits per heavy atom. The minimum absolute atomic E-state index is 0.219. The molecule has 4 heteroatoms. The molecule has 2 rings (SSSR count). The normalized spacial score (nSPS) is 10.0. The fourth-order valence-corrected chi connectivity index (χ4v) is 1.40. The highest BCUT2D eigenvalue weighted by Gasteiger charge is 2.10. The summed E-state index contributed by atoms with van der Waals surface area (Å²) in [5.41, 5.74) is 0.710. The number of benzene rings is 1. The Kier molecular flexibility index (Phi) is 3.14. The van der Waals surface area contributed by atoms with Crippen molar-refractivity contribution in [3.05, 3.63) is 59.7 Å². The van der Waals surface area contributed by atoms with E-state index in [1.165, 1.54) is 12.1 Å². The first-order valence-corrected chi connectivity index (χ1v) is 5.01. The van der Waals surface area contributed by atoms with Gasteiger partial charge in [0, 0.05) is 5.56 Å². The zero-order chi connectivity index (χ0) is 12.3. The van der Waals surface area contributed by atoms with Gasteiger partial charge in [0.25, 0.3) is 0 Å². The standard InChI is InChI=1S/C13H10FNO2/c1-17-11-5-2-9(3-6-11)13(16)12-7-4-10(14)8-15-12/h2-8H,1H3. The molecule has 1 heterocycles. The van der Waals surface area contributed by atoms with Crippen molar-refractivity contribution in [2.75, 3.05) is 7.11 Å². The summed E-state index contributed by atoms with van der Waals surface area (Å²) < 4.78 is 17.7. The molecule has 0 N–H and O–H groups in total. The van der Waals surface area contributed by atoms with Gasteiger partial charge in [-0.3, -0.25) is 4.79 Å². The number of pyridine rings is 1. The number of halogens is 1. The number of methoxy groups -OCH3 is 1. The maximum Gasteiger partial charge on any atom is 0.211 e. The minimum atomic E-state index is -0.462. The van der Waals surface area contributed by atoms with E-state index in [1.807, 2.05) is 0 Å². The summed E-state index contributed by atoms with van der Waals surface area (Å²) in [5.74, 6) is -0.0300. The fraction of sp³-hybridized carbons (Fsp3) is 0.0769. The number of ketones is 1. The van der Waals surface area contributed by atoms with Gasteiger partial charge in [-0.05, 0) is 36.4 Å². The average Bonchev–Trinajstić information content (AvgIpc) is 2.39. The molecule has 0 unspecified atom stereocenters. The third kappa shape index (κ3) is 2.47. The Balaban J connectivity index is 2.27. The summed E-state index contributed by atoms with van der Waals surface area (Å²) in [7, 11) is 1.55. The Morgan fingerprint density at radius 3 is 2.41 bits per heavy atom. The van der Waals surface area contributed by atoms with Crippen LogP contribution in [-0.4, -0.2) is 17.9 Å². The van der Waals surface area contributed by atoms with Crippen LogP contribution in [0.2, 0.25) is 0 Å². The largest absolute Gasteiger partial charge is 0.497 e. The molecule has 3 nitrogen and oxygen atoms in total. The molecular formula is C13H10FNO2. The molecule has 0 aliphatic rings. The molecule has 0 saturated heterocycles. The van der Waals surface area contributed by atoms with Crippen LogP contribution in [0.15, 0.2) is 42.6 Å². The topological polar surface area (TPSA) is 39.2 Å². The second-order valence-electron chi connectivity index (χ2n) is 3.42. The number of ether oxygens (including phenoxy) is 1. The van der Waals surface area contributed by atoms with Gasteiger partial charge in [-0.1, -0.05) is 0 Å². The lowest BCUT2D eigenvalue weighted by atomic mass is 10.1. The maximum atomic E-state index is 12.7. The van der Waals surface area contributed by atoms with Crippen molar-refractivity contribution in [1.29, 1.82) is 0 Å². The van der Waals surface area contributed by atoms with Crippen LogP contribution in [0.25, 0.3) is 0 Å². The Hall–Kier alpha value is -2.23. The molecule has 0 bridgehead atoms. The summed E-state index contributed by atoms with van der Waals surface area (Å²) in [6.45, 7) is 0. The number of nitrogens with zero attached hydrogens (tertiary/aromatic N) is 1. The van der Waals surface area contributed by atoms with Crippen LogP contribution in [0, 0.1) is 5.82 Å². The second kappa shape index (κ2) is 4.74. The van der Waals surface area contributed by atoms with Crippen molar-refractivity contribution in [2.24, 2.45) is 0 Å². The van der Waals surface area contributed by atoms with E-state index in [2.05, 4.69) is 4.98 Å². The lowest BCUT2D eigenvalue weighted by Crippen LogP contribution is -2.03. The van der Waals surface area contributed by atoms with Gasteiger partial charge in [0.15, 0.2) is 0 Å². The quantitative estimate of drug-likeness (QED) is 0.762. The first-order valence-electron chi connectivity index (χ1n) is 5.01. The van der Waals surface area contributed by atoms with Crippen molar-refractivity contribution in [3.63, 3.8) is 0 Å². The van der Waals surface area contributed by atoms with Crippen molar-refractivity contribution in [2.45, 2.75) is 0 Å². The van der Waals surface area contributed by atoms with E-state index in [1.54, 1.807) is 31.4 Å². The second-order valence-corrected chi connectivity index (χ2v) is 3.42. The van der Waals surface area contributed by atoms with Gasteiger partial charge in [0.05, 0.1) is 13.3 Å². The number of aromatic nitrogens is 1. The Morgan fingerprint density at radius 2 is 1.88 bits per heavy atom. The predicted molar refractivity (Wildman–Crippen MR) is 60.6 cm³/mol. The Labute approximate surface area is 97.9 Å². The Bertz CT molecular complexity index is 520. The maximum absolute atomic E-state index is 12.7. The van der Waals surface area contributed by atoms with Gasteiger partial charge < -0.3 is 4.74 Å². The number of carbonyl (C=O) groups excluding carboxylic acids is 1. The molecule has 0 aliphatic heterocycles. The molecule has 2 aromatic rings. The smallest absolute Gasteiger partial charge is 0.211 e. The zero-order valence-corrected chi connectivity index (χ0v) is 9.18. The molecule has 0 aliphatic carbocycles. The number of hydrogen-bond acceptors (Lipinski definition) is 3.